The number of halogens is 2. The molecule has 0 nitrogen and oxygen atoms in total. The van der Waals surface area contributed by atoms with E-state index in [0.717, 1.165) is 6.42 Å². The fraction of sp³-hybridized carbons (Fsp3) is 0.286. The third-order valence-electron chi connectivity index (χ3n) is 3.33. The van der Waals surface area contributed by atoms with Crippen molar-refractivity contribution in [2.45, 2.75) is 34.1 Å². The van der Waals surface area contributed by atoms with Crippen molar-refractivity contribution in [3.8, 4) is 0 Å². The minimum atomic E-state index is 0. The van der Waals surface area contributed by atoms with Crippen LogP contribution in [0.2, 0.25) is 0 Å². The number of benzene rings is 1. The van der Waals surface area contributed by atoms with E-state index >= 15 is 0 Å². The maximum atomic E-state index is 3.16. The average molecular weight is 473 g/mol. The molecule has 0 atom stereocenters. The van der Waals surface area contributed by atoms with E-state index in [4.69, 9.17) is 0 Å². The molecule has 0 saturated carbocycles. The Morgan fingerprint density at radius 3 is 2.04 bits per heavy atom. The van der Waals surface area contributed by atoms with Crippen LogP contribution in [0, 0.1) is 33.3 Å². The van der Waals surface area contributed by atoms with Gasteiger partial charge in [-0.1, -0.05) is 39.2 Å². The second-order valence-corrected chi connectivity index (χ2v) is 6.12. The van der Waals surface area contributed by atoms with Crippen LogP contribution in [0.1, 0.15) is 32.8 Å². The van der Waals surface area contributed by atoms with Crippen LogP contribution < -0.4 is 0 Å². The molecule has 0 amide bonds. The van der Waals surface area contributed by atoms with E-state index in [9.17, 15) is 0 Å². The summed E-state index contributed by atoms with van der Waals surface area (Å²) in [5.41, 5.74) is 3.09. The van der Waals surface area contributed by atoms with Gasteiger partial charge < -0.3 is 14.9 Å². The number of rotatable bonds is 0. The van der Waals surface area contributed by atoms with E-state index in [-0.39, 0.29) is 39.7 Å². The molecule has 4 heteroatoms. The van der Waals surface area contributed by atoms with Gasteiger partial charge in [0.05, 0.1) is 0 Å². The van der Waals surface area contributed by atoms with Crippen LogP contribution in [0.5, 0.6) is 0 Å². The Bertz CT molecular complexity index is 604. The van der Waals surface area contributed by atoms with Crippen LogP contribution in [-0.4, -0.2) is 6.88 Å². The molecule has 25 heavy (non-hydrogen) atoms. The summed E-state index contributed by atoms with van der Waals surface area (Å²) in [4.78, 5) is 0. The molecule has 0 aromatic heterocycles. The van der Waals surface area contributed by atoms with Crippen molar-refractivity contribution < 1.29 is 23.3 Å². The molecular weight excluding hydrogens is 442 g/mol. The summed E-state index contributed by atoms with van der Waals surface area (Å²) < 4.78 is 0. The van der Waals surface area contributed by atoms with Crippen LogP contribution in [-0.2, 0) is 23.3 Å². The monoisotopic (exact) mass is 470 g/mol. The van der Waals surface area contributed by atoms with E-state index in [1.54, 1.807) is 0 Å². The molecule has 0 saturated heterocycles. The summed E-state index contributed by atoms with van der Waals surface area (Å²) in [6.45, 7) is 11.9. The van der Waals surface area contributed by atoms with Gasteiger partial charge in [0.1, 0.15) is 0 Å². The van der Waals surface area contributed by atoms with Gasteiger partial charge in [0.2, 0.25) is 0 Å². The topological polar surface area (TPSA) is 0 Å². The zero-order chi connectivity index (χ0) is 15.9. The van der Waals surface area contributed by atoms with Gasteiger partial charge in [-0.15, -0.1) is 71.8 Å². The first-order valence-electron chi connectivity index (χ1n) is 7.11. The molecule has 0 bridgehead atoms. The molecule has 0 heterocycles. The summed E-state index contributed by atoms with van der Waals surface area (Å²) in [6.07, 6.45) is 8.50. The van der Waals surface area contributed by atoms with Crippen LogP contribution >= 0.6 is 24.8 Å². The number of aryl methyl sites for hydroxylation is 1. The third-order valence-corrected chi connectivity index (χ3v) is 3.33. The fourth-order valence-corrected chi connectivity index (χ4v) is 2.23. The molecule has 1 aliphatic rings. The zero-order valence-electron chi connectivity index (χ0n) is 16.1. The van der Waals surface area contributed by atoms with Gasteiger partial charge >= 0.3 is 30.2 Å². The molecule has 140 valence electrons. The van der Waals surface area contributed by atoms with Gasteiger partial charge in [0, 0.05) is 0 Å². The molecule has 0 spiro atoms. The summed E-state index contributed by atoms with van der Waals surface area (Å²) in [6, 6.07) is 12.8. The predicted octanol–water partition coefficient (Wildman–Crippen LogP) is 6.95. The predicted molar refractivity (Wildman–Crippen MR) is 117 cm³/mol. The van der Waals surface area contributed by atoms with Crippen LogP contribution in [0.15, 0.2) is 54.1 Å². The number of hydrogen-bond donors (Lipinski definition) is 0. The molecule has 3 rings (SSSR count). The standard InChI is InChI=1S/C10H9.C9H13.2CH3.2ClH.Si.Zr/c1-8-6-9-4-2-3-5-10(9)7-8;1-9(2,3)8-6-4-5-7-8;;;;;;/h2-7H,1H3;6-7H,4H2,1-3H3;2*1H3;2*1H;;/q4*-1;;;;. The molecule has 2 radical (unpaired) electrons. The van der Waals surface area contributed by atoms with Crippen molar-refractivity contribution in [3.63, 3.8) is 0 Å². The van der Waals surface area contributed by atoms with E-state index < -0.39 is 0 Å². The van der Waals surface area contributed by atoms with Crippen LogP contribution in [0.3, 0.4) is 0 Å². The molecule has 2 aromatic rings. The zero-order valence-corrected chi connectivity index (χ0v) is 21.2. The number of allylic oxidation sites excluding steroid dienone is 4. The van der Waals surface area contributed by atoms with Gasteiger partial charge in [-0.3, -0.25) is 6.08 Å². The van der Waals surface area contributed by atoms with E-state index in [0.29, 0.717) is 5.41 Å². The summed E-state index contributed by atoms with van der Waals surface area (Å²) >= 11 is 1.36. The Balaban J connectivity index is -0.000000141. The average Bonchev–Trinajstić information content (AvgIpc) is 3.09. The molecule has 2 aromatic carbocycles. The quantitative estimate of drug-likeness (QED) is 0.287. The van der Waals surface area contributed by atoms with Gasteiger partial charge in [0.25, 0.3) is 0 Å². The summed E-state index contributed by atoms with van der Waals surface area (Å²) in [5, 5.41) is 2.69. The molecule has 0 fully saturated rings. The van der Waals surface area contributed by atoms with Crippen LogP contribution in [0.4, 0.5) is 0 Å². The van der Waals surface area contributed by atoms with E-state index in [2.05, 4.69) is 89.2 Å². The molecular formula is C21H30Cl2SiZr-4. The molecule has 0 N–H and O–H groups in total. The maximum absolute atomic E-state index is 3.16. The second kappa shape index (κ2) is 16.2. The second-order valence-electron chi connectivity index (χ2n) is 6.12. The molecule has 0 aliphatic heterocycles. The van der Waals surface area contributed by atoms with Gasteiger partial charge in [-0.2, -0.15) is 17.7 Å². The van der Waals surface area contributed by atoms with E-state index in [1.807, 2.05) is 0 Å². The Morgan fingerprint density at radius 2 is 1.64 bits per heavy atom. The van der Waals surface area contributed by atoms with Gasteiger partial charge in [-0.25, -0.2) is 6.08 Å². The molecule has 0 unspecified atom stereocenters. The van der Waals surface area contributed by atoms with Crippen molar-refractivity contribution in [2.75, 3.05) is 0 Å². The summed E-state index contributed by atoms with van der Waals surface area (Å²) in [7, 11) is 0. The third kappa shape index (κ3) is 11.3. The SMILES string of the molecule is CC(C)(C)C1=CC[C-]=C1.Cc1cc2ccccc2[cH-]1.Cl.Cl.[CH3-].[CH3-].[Si]=[Zr]. The van der Waals surface area contributed by atoms with Crippen molar-refractivity contribution in [1.29, 1.82) is 0 Å². The first-order chi connectivity index (χ1) is 9.97. The normalized spacial score (nSPS) is 10.9. The van der Waals surface area contributed by atoms with E-state index in [1.165, 1.54) is 45.2 Å². The van der Waals surface area contributed by atoms with Crippen molar-refractivity contribution in [2.24, 2.45) is 5.41 Å². The van der Waals surface area contributed by atoms with Crippen molar-refractivity contribution in [1.82, 2.24) is 0 Å². The minimum absolute atomic E-state index is 0. The Hall–Kier alpha value is -0.01000. The Kier molecular flexibility index (Phi) is 21.1. The summed E-state index contributed by atoms with van der Waals surface area (Å²) in [5.74, 6) is 0. The Morgan fingerprint density at radius 1 is 1.08 bits per heavy atom. The first kappa shape index (κ1) is 32.6. The van der Waals surface area contributed by atoms with Crippen LogP contribution in [0.25, 0.3) is 10.8 Å². The van der Waals surface area contributed by atoms with Crippen molar-refractivity contribution >= 4 is 42.5 Å². The Labute approximate surface area is 184 Å². The molecule has 1 aliphatic carbocycles. The number of fused-ring (bicyclic) bond motifs is 1. The van der Waals surface area contributed by atoms with Crippen molar-refractivity contribution in [3.05, 3.63) is 80.6 Å². The van der Waals surface area contributed by atoms with Gasteiger partial charge in [0.15, 0.2) is 0 Å². The first-order valence-corrected chi connectivity index (χ1v) is 11.3. The van der Waals surface area contributed by atoms with Gasteiger partial charge in [-0.05, 0) is 0 Å². The number of hydrogen-bond acceptors (Lipinski definition) is 0. The fourth-order valence-electron chi connectivity index (χ4n) is 2.23.